The van der Waals surface area contributed by atoms with Crippen molar-refractivity contribution in [2.45, 2.75) is 6.92 Å². The normalized spacial score (nSPS) is 18.5. The summed E-state index contributed by atoms with van der Waals surface area (Å²) in [6, 6.07) is 13.6. The van der Waals surface area contributed by atoms with E-state index < -0.39 is 17.7 Å². The number of hydrogen-bond acceptors (Lipinski definition) is 6. The first-order chi connectivity index (χ1) is 14.5. The van der Waals surface area contributed by atoms with Gasteiger partial charge in [-0.2, -0.15) is 0 Å². The first-order valence-electron chi connectivity index (χ1n) is 9.14. The Kier molecular flexibility index (Phi) is 5.16. The summed E-state index contributed by atoms with van der Waals surface area (Å²) >= 11 is 5.21. The van der Waals surface area contributed by atoms with Crippen LogP contribution in [0.2, 0.25) is 0 Å². The molecule has 1 fully saturated rings. The number of amides is 1. The fourth-order valence-electron chi connectivity index (χ4n) is 3.04. The van der Waals surface area contributed by atoms with Crippen molar-refractivity contribution in [2.75, 3.05) is 6.61 Å². The van der Waals surface area contributed by atoms with Crippen molar-refractivity contribution in [3.05, 3.63) is 77.1 Å². The van der Waals surface area contributed by atoms with Crippen LogP contribution in [-0.4, -0.2) is 34.3 Å². The number of ether oxygens (including phenoxy) is 2. The third kappa shape index (κ3) is 3.60. The Morgan fingerprint density at radius 1 is 1.10 bits per heavy atom. The van der Waals surface area contributed by atoms with Gasteiger partial charge in [-0.05, 0) is 55.0 Å². The van der Waals surface area contributed by atoms with E-state index in [0.29, 0.717) is 6.61 Å². The maximum absolute atomic E-state index is 12.8. The Balaban J connectivity index is 1.60. The van der Waals surface area contributed by atoms with Crippen LogP contribution in [0, 0.1) is 0 Å². The lowest BCUT2D eigenvalue weighted by Gasteiger charge is -2.18. The number of rotatable bonds is 4. The van der Waals surface area contributed by atoms with Gasteiger partial charge in [0.1, 0.15) is 22.8 Å². The van der Waals surface area contributed by atoms with Gasteiger partial charge in [-0.1, -0.05) is 24.3 Å². The lowest BCUT2D eigenvalue weighted by molar-refractivity contribution is -0.130. The number of carbonyl (C=O) groups is 3. The largest absolute Gasteiger partial charge is 0.494 e. The molecule has 1 N–H and O–H groups in total. The molecule has 2 aromatic carbocycles. The van der Waals surface area contributed by atoms with Gasteiger partial charge in [0.2, 0.25) is 5.78 Å². The predicted octanol–water partition coefficient (Wildman–Crippen LogP) is 2.83. The number of thiocarbonyl (C=S) groups is 1. The average molecular weight is 420 g/mol. The molecule has 150 valence electrons. The molecule has 2 aliphatic heterocycles. The fraction of sp³-hybridized carbons (Fsp3) is 0.0909. The molecule has 0 spiro atoms. The quantitative estimate of drug-likeness (QED) is 0.268. The number of ketones is 1. The molecule has 4 rings (SSSR count). The number of Topliss-reactive ketones (excluding diaryl/α,β-unsaturated/α-hetero) is 1. The molecule has 0 radical (unpaired) electrons. The third-order valence-electron chi connectivity index (χ3n) is 4.47. The van der Waals surface area contributed by atoms with E-state index in [9.17, 15) is 14.4 Å². The molecule has 1 amide bonds. The van der Waals surface area contributed by atoms with E-state index in [-0.39, 0.29) is 27.7 Å². The van der Waals surface area contributed by atoms with Crippen LogP contribution in [0.5, 0.6) is 11.5 Å². The minimum Gasteiger partial charge on any atom is -0.494 e. The molecule has 0 unspecified atom stereocenters. The number of nitrogens with one attached hydrogen (secondary N) is 1. The summed E-state index contributed by atoms with van der Waals surface area (Å²) in [5.74, 6) is -0.934. The summed E-state index contributed by atoms with van der Waals surface area (Å²) in [5.41, 5.74) is 0.958. The maximum Gasteiger partial charge on any atom is 0.349 e. The van der Waals surface area contributed by atoms with Crippen LogP contribution >= 0.6 is 12.2 Å². The monoisotopic (exact) mass is 420 g/mol. The molecule has 0 atom stereocenters. The summed E-state index contributed by atoms with van der Waals surface area (Å²) in [6.07, 6.45) is 2.75. The zero-order valence-electron chi connectivity index (χ0n) is 15.9. The van der Waals surface area contributed by atoms with Crippen LogP contribution in [0.3, 0.4) is 0 Å². The molecule has 2 aliphatic rings. The number of carbonyl (C=O) groups excluding carboxylic acids is 3. The smallest absolute Gasteiger partial charge is 0.349 e. The van der Waals surface area contributed by atoms with Gasteiger partial charge in [-0.25, -0.2) is 4.79 Å². The highest BCUT2D eigenvalue weighted by Gasteiger charge is 2.35. The first kappa shape index (κ1) is 19.5. The predicted molar refractivity (Wildman–Crippen MR) is 113 cm³/mol. The van der Waals surface area contributed by atoms with Gasteiger partial charge in [0, 0.05) is 6.20 Å². The van der Waals surface area contributed by atoms with Crippen molar-refractivity contribution in [1.82, 2.24) is 10.2 Å². The van der Waals surface area contributed by atoms with Crippen LogP contribution in [0.1, 0.15) is 22.8 Å². The molecule has 30 heavy (non-hydrogen) atoms. The fourth-order valence-corrected chi connectivity index (χ4v) is 3.28. The van der Waals surface area contributed by atoms with Crippen molar-refractivity contribution in [2.24, 2.45) is 0 Å². The first-order valence-corrected chi connectivity index (χ1v) is 9.55. The molecule has 7 nitrogen and oxygen atoms in total. The van der Waals surface area contributed by atoms with Gasteiger partial charge in [-0.15, -0.1) is 0 Å². The van der Waals surface area contributed by atoms with E-state index in [4.69, 9.17) is 21.7 Å². The summed E-state index contributed by atoms with van der Waals surface area (Å²) in [7, 11) is 0. The Labute approximate surface area is 177 Å². The number of para-hydroxylation sites is 1. The van der Waals surface area contributed by atoms with E-state index >= 15 is 0 Å². The minimum atomic E-state index is -0.835. The molecule has 1 saturated heterocycles. The SMILES string of the molecule is CCOc1ccc(/C=C2/NC(=S)N(/C=C3\C(=O)Oc4ccccc4C3=O)C2=O)cc1. The van der Waals surface area contributed by atoms with Gasteiger partial charge in [0.15, 0.2) is 5.11 Å². The zero-order chi connectivity index (χ0) is 21.3. The molecule has 0 aromatic heterocycles. The van der Waals surface area contributed by atoms with E-state index in [1.54, 1.807) is 48.5 Å². The van der Waals surface area contributed by atoms with Crippen molar-refractivity contribution >= 4 is 41.1 Å². The minimum absolute atomic E-state index is 0.0594. The lowest BCUT2D eigenvalue weighted by Crippen LogP contribution is -2.31. The van der Waals surface area contributed by atoms with E-state index in [1.165, 1.54) is 6.07 Å². The average Bonchev–Trinajstić information content (AvgIpc) is 2.99. The van der Waals surface area contributed by atoms with Crippen LogP contribution in [-0.2, 0) is 9.59 Å². The molecule has 2 heterocycles. The molecule has 2 aromatic rings. The highest BCUT2D eigenvalue weighted by Crippen LogP contribution is 2.28. The summed E-state index contributed by atoms with van der Waals surface area (Å²) in [4.78, 5) is 38.8. The third-order valence-corrected chi connectivity index (χ3v) is 4.77. The van der Waals surface area contributed by atoms with Crippen molar-refractivity contribution in [3.8, 4) is 11.5 Å². The zero-order valence-corrected chi connectivity index (χ0v) is 16.7. The molecule has 8 heteroatoms. The Bertz CT molecular complexity index is 1130. The molecular formula is C22H16N2O5S. The topological polar surface area (TPSA) is 84.9 Å². The summed E-state index contributed by atoms with van der Waals surface area (Å²) in [6.45, 7) is 2.45. The number of benzene rings is 2. The molecule has 0 aliphatic carbocycles. The van der Waals surface area contributed by atoms with Crippen molar-refractivity contribution in [1.29, 1.82) is 0 Å². The Morgan fingerprint density at radius 3 is 2.57 bits per heavy atom. The highest BCUT2D eigenvalue weighted by atomic mass is 32.1. The number of fused-ring (bicyclic) bond motifs is 1. The van der Waals surface area contributed by atoms with Crippen molar-refractivity contribution < 1.29 is 23.9 Å². The molecular weight excluding hydrogens is 404 g/mol. The van der Waals surface area contributed by atoms with Crippen molar-refractivity contribution in [3.63, 3.8) is 0 Å². The summed E-state index contributed by atoms with van der Waals surface area (Å²) in [5, 5.41) is 2.87. The second kappa shape index (κ2) is 7.92. The van der Waals surface area contributed by atoms with Crippen LogP contribution in [0.4, 0.5) is 0 Å². The van der Waals surface area contributed by atoms with E-state index in [0.717, 1.165) is 22.4 Å². The Hall–Kier alpha value is -3.78. The maximum atomic E-state index is 12.8. The van der Waals surface area contributed by atoms with Gasteiger partial charge < -0.3 is 14.8 Å². The number of hydrogen-bond donors (Lipinski definition) is 1. The number of nitrogens with zero attached hydrogens (tertiary/aromatic N) is 1. The van der Waals surface area contributed by atoms with Gasteiger partial charge in [-0.3, -0.25) is 14.5 Å². The second-order valence-corrected chi connectivity index (χ2v) is 6.81. The highest BCUT2D eigenvalue weighted by molar-refractivity contribution is 7.80. The van der Waals surface area contributed by atoms with Crippen LogP contribution in [0.15, 0.2) is 66.0 Å². The number of esters is 1. The molecule has 0 bridgehead atoms. The standard InChI is InChI=1S/C22H16N2O5S/c1-2-28-14-9-7-13(8-10-14)11-17-20(26)24(22(30)23-17)12-16-19(25)15-5-3-4-6-18(15)29-21(16)27/h3-12H,2H2,1H3,(H,23,30)/b16-12-,17-11+. The van der Waals surface area contributed by atoms with E-state index in [1.807, 2.05) is 6.92 Å². The summed E-state index contributed by atoms with van der Waals surface area (Å²) < 4.78 is 10.6. The molecule has 0 saturated carbocycles. The van der Waals surface area contributed by atoms with Gasteiger partial charge >= 0.3 is 5.97 Å². The van der Waals surface area contributed by atoms with Gasteiger partial charge in [0.25, 0.3) is 5.91 Å². The van der Waals surface area contributed by atoms with Gasteiger partial charge in [0.05, 0.1) is 12.2 Å². The Morgan fingerprint density at radius 2 is 1.83 bits per heavy atom. The van der Waals surface area contributed by atoms with E-state index in [2.05, 4.69) is 5.32 Å². The van der Waals surface area contributed by atoms with Crippen LogP contribution < -0.4 is 14.8 Å². The lowest BCUT2D eigenvalue weighted by atomic mass is 10.0. The second-order valence-electron chi connectivity index (χ2n) is 6.42. The van der Waals surface area contributed by atoms with Crippen LogP contribution in [0.25, 0.3) is 6.08 Å².